The van der Waals surface area contributed by atoms with Crippen LogP contribution in [0, 0.1) is 0 Å². The second kappa shape index (κ2) is 53.9. The van der Waals surface area contributed by atoms with E-state index in [0.29, 0.717) is 12.0 Å². The van der Waals surface area contributed by atoms with Gasteiger partial charge in [-0.25, -0.2) is 0 Å². The number of anilines is 3. The Morgan fingerprint density at radius 2 is 0.885 bits per heavy atom. The molecule has 10 N–H and O–H groups in total. The summed E-state index contributed by atoms with van der Waals surface area (Å²) in [5.41, 5.74) is 13.5. The van der Waals surface area contributed by atoms with Crippen LogP contribution in [0.25, 0.3) is 0 Å². The molecule has 87 heavy (non-hydrogen) atoms. The monoisotopic (exact) mass is 1640 g/mol. The fourth-order valence-electron chi connectivity index (χ4n) is 6.30. The number of alkyl halides is 2. The first-order chi connectivity index (χ1) is 37.4. The van der Waals surface area contributed by atoms with Crippen LogP contribution in [0.1, 0.15) is 112 Å². The van der Waals surface area contributed by atoms with Gasteiger partial charge in [0.15, 0.2) is 0 Å². The maximum Gasteiger partial charge on any atom is 1.00 e. The van der Waals surface area contributed by atoms with Crippen LogP contribution in [0.2, 0.25) is 0 Å². The average Bonchev–Trinajstić information content (AvgIpc) is 2.02. The molecule has 2 heterocycles. The number of halogens is 3. The Labute approximate surface area is 676 Å². The van der Waals surface area contributed by atoms with E-state index in [-0.39, 0.29) is 248 Å². The Morgan fingerprint density at radius 1 is 0.644 bits per heavy atom. The number of carbonyl (C=O) groups excluding carboxylic acids is 1. The number of aliphatic carboxylic acids is 1. The fraction of sp³-hybridized carbons (Fsp3) is 0.356. The zero-order valence-corrected chi connectivity index (χ0v) is 67.7. The molecule has 2 aliphatic heterocycles. The van der Waals surface area contributed by atoms with Gasteiger partial charge in [0.2, 0.25) is 0 Å². The van der Waals surface area contributed by atoms with E-state index in [9.17, 15) is 4.39 Å². The van der Waals surface area contributed by atoms with Crippen LogP contribution >= 0.6 is 15.9 Å². The summed E-state index contributed by atoms with van der Waals surface area (Å²) in [6.45, 7) is 19.0. The molecule has 0 aromatic heterocycles. The number of nitrogens with one attached hydrogen (secondary N) is 2. The molecule has 0 spiro atoms. The number of nitrogens with two attached hydrogens (primary N) is 1. The molecule has 6 aromatic carbocycles. The van der Waals surface area contributed by atoms with E-state index in [1.54, 1.807) is 12.1 Å². The summed E-state index contributed by atoms with van der Waals surface area (Å²) in [6.07, 6.45) is 0. The molecule has 6 aromatic rings. The number of carboxylic acid groups (broad SMARTS) is 1. The summed E-state index contributed by atoms with van der Waals surface area (Å²) in [5, 5.41) is 41.3. The SMILES string of the molecule is C.C.C.C.CC(=O)O.CC1(C)OB(c2ccc(CBr)cc2)OC1(C)C.CC1(C)OB(c2ccc(CNc3ccccc3)cc2)OC1(C)C.N.Nc1ccccc1.O=CO[O-].OB(O)c1ccc(CNc2ccccc2)cc1.[2H]CF.[Cs+].[Cs+].[H-].[Na+].[O-][I+3]([O-])([O-])[O-]. The smallest absolute Gasteiger partial charge is 1.00 e. The van der Waals surface area contributed by atoms with Crippen molar-refractivity contribution in [1.29, 1.82) is 0 Å². The van der Waals surface area contributed by atoms with Crippen LogP contribution in [-0.2, 0) is 51.5 Å². The predicted molar refractivity (Wildman–Crippen MR) is 332 cm³/mol. The minimum atomic E-state index is -5.94. The normalized spacial score (nSPS) is 13.3. The quantitative estimate of drug-likeness (QED) is 0.0121. The first kappa shape index (κ1) is 100. The molecule has 2 saturated heterocycles. The summed E-state index contributed by atoms with van der Waals surface area (Å²) >= 11 is -2.50. The Bertz CT molecular complexity index is 2600. The van der Waals surface area contributed by atoms with Gasteiger partial charge in [-0.15, -0.1) is 0 Å². The van der Waals surface area contributed by atoms with Crippen molar-refractivity contribution in [2.45, 2.75) is 133 Å². The van der Waals surface area contributed by atoms with E-state index in [1.165, 1.54) is 11.1 Å². The van der Waals surface area contributed by atoms with Crippen molar-refractivity contribution in [3.8, 4) is 0 Å². The molecule has 2 aliphatic rings. The van der Waals surface area contributed by atoms with Crippen LogP contribution in [0.5, 0.6) is 0 Å². The summed E-state index contributed by atoms with van der Waals surface area (Å²) < 4.78 is 74.1. The van der Waals surface area contributed by atoms with Gasteiger partial charge >= 0.3 is 189 Å². The van der Waals surface area contributed by atoms with E-state index in [0.717, 1.165) is 52.3 Å². The number of rotatable bonds is 11. The maximum atomic E-state index is 9.96. The summed E-state index contributed by atoms with van der Waals surface area (Å²) in [7, 11) is -2.95. The minimum Gasteiger partial charge on any atom is -1.00 e. The number of carbonyl (C=O) groups is 2. The molecule has 0 unspecified atom stereocenters. The van der Waals surface area contributed by atoms with Crippen LogP contribution in [-0.4, -0.2) is 78.5 Å². The number of benzene rings is 6. The molecule has 0 saturated carbocycles. The summed E-state index contributed by atoms with van der Waals surface area (Å²) in [4.78, 5) is 20.2. The number of carboxylic acids is 1. The van der Waals surface area contributed by atoms with Gasteiger partial charge in [-0.2, -0.15) is 0 Å². The summed E-state index contributed by atoms with van der Waals surface area (Å²) in [5.74, 6) is -0.833. The van der Waals surface area contributed by atoms with Crippen LogP contribution in [0.3, 0.4) is 0 Å². The molecule has 2 fully saturated rings. The predicted octanol–water partition coefficient (Wildman–Crippen LogP) is -6.08. The van der Waals surface area contributed by atoms with Gasteiger partial charge in [0, 0.05) is 42.4 Å². The Hall–Kier alpha value is -0.381. The zero-order valence-electron chi connectivity index (χ0n) is 51.4. The molecule has 0 atom stereocenters. The van der Waals surface area contributed by atoms with Crippen molar-refractivity contribution in [1.82, 2.24) is 6.15 Å². The van der Waals surface area contributed by atoms with Crippen LogP contribution < -0.4 is 245 Å². The van der Waals surface area contributed by atoms with Crippen LogP contribution in [0.4, 0.5) is 21.5 Å². The van der Waals surface area contributed by atoms with E-state index in [1.807, 2.05) is 91.0 Å². The van der Waals surface area contributed by atoms with Crippen molar-refractivity contribution in [2.75, 3.05) is 23.5 Å². The Balaban J connectivity index is -0.000000126. The number of hydrogen-bond donors (Lipinski definition) is 7. The maximum absolute atomic E-state index is 9.96. The second-order valence-electron chi connectivity index (χ2n) is 18.8. The molecule has 470 valence electrons. The standard InChI is InChI=1S/C19H24BNO2.C13H18BBrO2.C13H14BNO2.C6H7N.C2H4O2.CH3F.CH2O3.4CH4.2Cs.IO4.H3N.Na.H/c1-18(2)19(3,4)23-20(22-18)16-12-10-15(11-13-16)14-21-17-8-6-5-7-9-17;1-12(2)13(3,4)17-14(16-12)11-7-5-10(9-15)6-8-11;16-14(17)12-8-6-11(7-9-12)10-15-13-4-2-1-3-5-13;7-6-4-2-1-3-5-6;1-2(3)4;1-2;2-1-4-3;;;;;;;2-1(3,4)5;;;/h5-13,21H,14H2,1-4H3;5-8H,9H2,1-4H3;1-9,15-17H,10H2;1-5H,7H2;1H3,(H,3,4);1H3;1,3H;4*1H4;;;;1H3;;/q;;;;;;;;;;;2*+1;-1;;+1;-1/p-1/i;;;;;1D;;;;;;;;;;;. The van der Waals surface area contributed by atoms with Crippen molar-refractivity contribution >= 4 is 83.2 Å². The van der Waals surface area contributed by atoms with Crippen molar-refractivity contribution in [3.05, 3.63) is 180 Å². The van der Waals surface area contributed by atoms with Crippen molar-refractivity contribution in [2.24, 2.45) is 0 Å². The number of para-hydroxylation sites is 3. The Kier molecular flexibility index (Phi) is 62.1. The van der Waals surface area contributed by atoms with Gasteiger partial charge in [-0.05, 0) is 125 Å². The molecule has 28 heteroatoms. The van der Waals surface area contributed by atoms with E-state index in [4.69, 9.17) is 69.5 Å². The van der Waals surface area contributed by atoms with E-state index in [2.05, 4.69) is 148 Å². The van der Waals surface area contributed by atoms with Gasteiger partial charge in [0.1, 0.15) is 20.1 Å². The largest absolute Gasteiger partial charge is 1.00 e. The average molecular weight is 1640 g/mol. The second-order valence-corrected chi connectivity index (χ2v) is 21.6. The molecule has 0 aliphatic carbocycles. The molecule has 0 amide bonds. The van der Waals surface area contributed by atoms with Gasteiger partial charge < -0.3 is 67.9 Å². The van der Waals surface area contributed by atoms with E-state index >= 15 is 0 Å². The molecule has 8 rings (SSSR count). The Morgan fingerprint density at radius 3 is 1.10 bits per heavy atom. The first-order valence-corrected chi connectivity index (χ1v) is 28.8. The molecule has 0 radical (unpaired) electrons. The third-order valence-corrected chi connectivity index (χ3v) is 12.5. The van der Waals surface area contributed by atoms with Gasteiger partial charge in [0.05, 0.1) is 30.9 Å². The van der Waals surface area contributed by atoms with Crippen molar-refractivity contribution < 1.29 is 262 Å². The fourth-order valence-corrected chi connectivity index (χ4v) is 6.67. The first-order valence-electron chi connectivity index (χ1n) is 24.8. The molecule has 19 nitrogen and oxygen atoms in total. The van der Waals surface area contributed by atoms with E-state index < -0.39 is 40.3 Å². The minimum absolute atomic E-state index is 0. The van der Waals surface area contributed by atoms with Gasteiger partial charge in [0.25, 0.3) is 12.4 Å². The molecular formula is C59H91B3BrCs2FIN4NaO15. The third kappa shape index (κ3) is 44.0. The summed E-state index contributed by atoms with van der Waals surface area (Å²) in [6, 6.07) is 53.6. The van der Waals surface area contributed by atoms with Crippen LogP contribution in [0.15, 0.2) is 164 Å². The topological polar surface area (TPSA) is 341 Å². The zero-order chi connectivity index (χ0) is 60.6. The van der Waals surface area contributed by atoms with Gasteiger partial charge in [-0.1, -0.05) is 173 Å². The number of hydrogen-bond acceptors (Lipinski definition) is 18. The number of nitrogen functional groups attached to an aromatic ring is 1. The molecule has 0 bridgehead atoms. The third-order valence-electron chi connectivity index (χ3n) is 11.8. The molecular weight excluding hydrogens is 1550 g/mol. The van der Waals surface area contributed by atoms with Crippen molar-refractivity contribution in [3.63, 3.8) is 0 Å². The van der Waals surface area contributed by atoms with Gasteiger partial charge in [-0.3, -0.25) is 27.7 Å².